The molecule has 1 aliphatic heterocycles. The van der Waals surface area contributed by atoms with Crippen LogP contribution in [0.3, 0.4) is 0 Å². The van der Waals surface area contributed by atoms with Gasteiger partial charge in [-0.2, -0.15) is 0 Å². The SMILES string of the molecule is CC(C)Cc1cc(CNC(=O)CN2CCOc3ccccc3C2)on1. The van der Waals surface area contributed by atoms with Gasteiger partial charge in [-0.05, 0) is 18.4 Å². The first-order chi connectivity index (χ1) is 12.1. The van der Waals surface area contributed by atoms with Crippen LogP contribution in [0.2, 0.25) is 0 Å². The van der Waals surface area contributed by atoms with Gasteiger partial charge in [-0.1, -0.05) is 37.2 Å². The third-order valence-corrected chi connectivity index (χ3v) is 4.08. The lowest BCUT2D eigenvalue weighted by molar-refractivity contribution is -0.122. The van der Waals surface area contributed by atoms with E-state index in [4.69, 9.17) is 9.26 Å². The number of ether oxygens (including phenoxy) is 1. The number of rotatable bonds is 6. The zero-order valence-corrected chi connectivity index (χ0v) is 14.8. The summed E-state index contributed by atoms with van der Waals surface area (Å²) < 4.78 is 11.0. The Bertz CT molecular complexity index is 711. The number of para-hydroxylation sites is 1. The average Bonchev–Trinajstić information content (AvgIpc) is 2.90. The summed E-state index contributed by atoms with van der Waals surface area (Å²) in [6.07, 6.45) is 0.880. The van der Waals surface area contributed by atoms with Crippen LogP contribution in [0, 0.1) is 5.92 Å². The second-order valence-corrected chi connectivity index (χ2v) is 6.83. The van der Waals surface area contributed by atoms with Crippen LogP contribution in [0.25, 0.3) is 0 Å². The van der Waals surface area contributed by atoms with Crippen molar-refractivity contribution in [3.63, 3.8) is 0 Å². The maximum absolute atomic E-state index is 12.2. The molecule has 2 heterocycles. The third kappa shape index (κ3) is 5.06. The number of fused-ring (bicyclic) bond motifs is 1. The predicted molar refractivity (Wildman–Crippen MR) is 94.1 cm³/mol. The minimum Gasteiger partial charge on any atom is -0.492 e. The van der Waals surface area contributed by atoms with Crippen molar-refractivity contribution in [2.45, 2.75) is 33.4 Å². The molecule has 1 aromatic heterocycles. The summed E-state index contributed by atoms with van der Waals surface area (Å²) in [4.78, 5) is 14.3. The van der Waals surface area contributed by atoms with Crippen LogP contribution in [-0.2, 0) is 24.3 Å². The largest absolute Gasteiger partial charge is 0.492 e. The summed E-state index contributed by atoms with van der Waals surface area (Å²) in [5.74, 6) is 2.10. The number of aromatic nitrogens is 1. The molecule has 0 fully saturated rings. The highest BCUT2D eigenvalue weighted by Gasteiger charge is 2.17. The van der Waals surface area contributed by atoms with Crippen LogP contribution in [0.5, 0.6) is 5.75 Å². The van der Waals surface area contributed by atoms with Gasteiger partial charge in [-0.3, -0.25) is 9.69 Å². The van der Waals surface area contributed by atoms with Crippen LogP contribution in [0.1, 0.15) is 30.9 Å². The van der Waals surface area contributed by atoms with E-state index in [1.807, 2.05) is 30.3 Å². The molecule has 1 aromatic carbocycles. The van der Waals surface area contributed by atoms with Gasteiger partial charge in [0.05, 0.1) is 18.8 Å². The fourth-order valence-corrected chi connectivity index (χ4v) is 2.91. The highest BCUT2D eigenvalue weighted by atomic mass is 16.5. The second kappa shape index (κ2) is 8.16. The maximum atomic E-state index is 12.2. The van der Waals surface area contributed by atoms with E-state index in [1.165, 1.54) is 0 Å². The van der Waals surface area contributed by atoms with E-state index in [0.29, 0.717) is 37.9 Å². The lowest BCUT2D eigenvalue weighted by Crippen LogP contribution is -2.37. The molecular formula is C19H25N3O3. The molecule has 1 amide bonds. The fraction of sp³-hybridized carbons (Fsp3) is 0.474. The molecule has 0 spiro atoms. The maximum Gasteiger partial charge on any atom is 0.234 e. The highest BCUT2D eigenvalue weighted by molar-refractivity contribution is 5.77. The molecule has 0 unspecified atom stereocenters. The van der Waals surface area contributed by atoms with E-state index in [-0.39, 0.29) is 5.91 Å². The lowest BCUT2D eigenvalue weighted by Gasteiger charge is -2.18. The molecule has 0 atom stereocenters. The van der Waals surface area contributed by atoms with Crippen molar-refractivity contribution in [3.05, 3.63) is 47.3 Å². The molecule has 25 heavy (non-hydrogen) atoms. The number of benzene rings is 1. The zero-order chi connectivity index (χ0) is 17.6. The summed E-state index contributed by atoms with van der Waals surface area (Å²) in [6, 6.07) is 9.88. The van der Waals surface area contributed by atoms with E-state index in [1.54, 1.807) is 0 Å². The zero-order valence-electron chi connectivity index (χ0n) is 14.8. The Labute approximate surface area is 148 Å². The number of nitrogens with zero attached hydrogens (tertiary/aromatic N) is 2. The molecule has 2 aromatic rings. The molecule has 0 bridgehead atoms. The van der Waals surface area contributed by atoms with Crippen molar-refractivity contribution in [2.24, 2.45) is 5.92 Å². The number of hydrogen-bond donors (Lipinski definition) is 1. The standard InChI is InChI=1S/C19H25N3O3/c1-14(2)9-16-10-17(25-21-16)11-20-19(23)13-22-7-8-24-18-6-4-3-5-15(18)12-22/h3-6,10,14H,7-9,11-13H2,1-2H3,(H,20,23). The van der Waals surface area contributed by atoms with Crippen molar-refractivity contribution in [3.8, 4) is 5.75 Å². The topological polar surface area (TPSA) is 67.6 Å². The first-order valence-electron chi connectivity index (χ1n) is 8.74. The Hall–Kier alpha value is -2.34. The molecule has 1 aliphatic rings. The molecule has 1 N–H and O–H groups in total. The Kier molecular flexibility index (Phi) is 5.71. The van der Waals surface area contributed by atoms with E-state index in [9.17, 15) is 4.79 Å². The van der Waals surface area contributed by atoms with Gasteiger partial charge in [0.1, 0.15) is 12.4 Å². The Morgan fingerprint density at radius 1 is 1.36 bits per heavy atom. The number of carbonyl (C=O) groups excluding carboxylic acids is 1. The van der Waals surface area contributed by atoms with Gasteiger partial charge in [0.15, 0.2) is 5.76 Å². The average molecular weight is 343 g/mol. The number of amides is 1. The molecule has 0 saturated carbocycles. The molecule has 0 aliphatic carbocycles. The van der Waals surface area contributed by atoms with Crippen molar-refractivity contribution in [2.75, 3.05) is 19.7 Å². The third-order valence-electron chi connectivity index (χ3n) is 4.08. The summed E-state index contributed by atoms with van der Waals surface area (Å²) in [5.41, 5.74) is 2.04. The summed E-state index contributed by atoms with van der Waals surface area (Å²) in [7, 11) is 0. The van der Waals surface area contributed by atoms with Crippen LogP contribution >= 0.6 is 0 Å². The van der Waals surface area contributed by atoms with Crippen molar-refractivity contribution >= 4 is 5.91 Å². The van der Waals surface area contributed by atoms with Crippen LogP contribution in [0.15, 0.2) is 34.9 Å². The number of hydrogen-bond acceptors (Lipinski definition) is 5. The Morgan fingerprint density at radius 2 is 2.20 bits per heavy atom. The van der Waals surface area contributed by atoms with Crippen molar-refractivity contribution < 1.29 is 14.1 Å². The molecule has 6 heteroatoms. The van der Waals surface area contributed by atoms with Crippen molar-refractivity contribution in [1.29, 1.82) is 0 Å². The van der Waals surface area contributed by atoms with E-state index < -0.39 is 0 Å². The highest BCUT2D eigenvalue weighted by Crippen LogP contribution is 2.22. The number of carbonyl (C=O) groups is 1. The van der Waals surface area contributed by atoms with Crippen LogP contribution < -0.4 is 10.1 Å². The van der Waals surface area contributed by atoms with Gasteiger partial charge >= 0.3 is 0 Å². The van der Waals surface area contributed by atoms with Gasteiger partial charge < -0.3 is 14.6 Å². The molecule has 0 radical (unpaired) electrons. The van der Waals surface area contributed by atoms with E-state index in [0.717, 1.165) is 30.0 Å². The van der Waals surface area contributed by atoms with Gasteiger partial charge in [-0.25, -0.2) is 0 Å². The smallest absolute Gasteiger partial charge is 0.234 e. The summed E-state index contributed by atoms with van der Waals surface area (Å²) in [5, 5.41) is 6.94. The fourth-order valence-electron chi connectivity index (χ4n) is 2.91. The van der Waals surface area contributed by atoms with E-state index >= 15 is 0 Å². The molecule has 3 rings (SSSR count). The first-order valence-corrected chi connectivity index (χ1v) is 8.74. The quantitative estimate of drug-likeness (QED) is 0.872. The number of nitrogens with one attached hydrogen (secondary N) is 1. The van der Waals surface area contributed by atoms with Gasteiger partial charge in [0.25, 0.3) is 0 Å². The van der Waals surface area contributed by atoms with Gasteiger partial charge in [-0.15, -0.1) is 0 Å². The molecule has 0 saturated heterocycles. The van der Waals surface area contributed by atoms with Crippen LogP contribution in [-0.4, -0.2) is 35.7 Å². The molecule has 6 nitrogen and oxygen atoms in total. The minimum atomic E-state index is -0.0267. The van der Waals surface area contributed by atoms with Gasteiger partial charge in [0.2, 0.25) is 5.91 Å². The second-order valence-electron chi connectivity index (χ2n) is 6.83. The summed E-state index contributed by atoms with van der Waals surface area (Å²) in [6.45, 7) is 7.01. The monoisotopic (exact) mass is 343 g/mol. The minimum absolute atomic E-state index is 0.0267. The normalized spacial score (nSPS) is 14.7. The Balaban J connectivity index is 1.48. The Morgan fingerprint density at radius 3 is 3.04 bits per heavy atom. The predicted octanol–water partition coefficient (Wildman–Crippen LogP) is 2.38. The van der Waals surface area contributed by atoms with Crippen molar-refractivity contribution in [1.82, 2.24) is 15.4 Å². The van der Waals surface area contributed by atoms with Crippen LogP contribution in [0.4, 0.5) is 0 Å². The van der Waals surface area contributed by atoms with Gasteiger partial charge in [0, 0.05) is 24.7 Å². The molecule has 134 valence electrons. The molecular weight excluding hydrogens is 318 g/mol. The van der Waals surface area contributed by atoms with E-state index in [2.05, 4.69) is 29.2 Å². The lowest BCUT2D eigenvalue weighted by atomic mass is 10.1. The first kappa shape index (κ1) is 17.5. The summed E-state index contributed by atoms with van der Waals surface area (Å²) >= 11 is 0.